The van der Waals surface area contributed by atoms with Crippen LogP contribution < -0.4 is 0 Å². The Morgan fingerprint density at radius 3 is 2.29 bits per heavy atom. The van der Waals surface area contributed by atoms with Crippen LogP contribution in [0.1, 0.15) is 64.1 Å². The fourth-order valence-electron chi connectivity index (χ4n) is 1.34. The molecule has 1 heterocycles. The van der Waals surface area contributed by atoms with Crippen LogP contribution in [-0.4, -0.2) is 27.0 Å². The van der Waals surface area contributed by atoms with Crippen LogP contribution in [0.4, 0.5) is 0 Å². The molecule has 0 radical (unpaired) electrons. The Bertz CT molecular complexity index is 402. The zero-order valence-corrected chi connectivity index (χ0v) is 11.4. The SMILES string of the molecule is CCC(C)(C)c1n[nH]nc1C(=O)OC(C)(C)C. The minimum absolute atomic E-state index is 0.195. The molecule has 0 aliphatic carbocycles. The van der Waals surface area contributed by atoms with Crippen LogP contribution in [0, 0.1) is 0 Å². The molecular formula is C12H21N3O2. The minimum atomic E-state index is -0.524. The van der Waals surface area contributed by atoms with Gasteiger partial charge in [0.25, 0.3) is 0 Å². The number of nitrogens with one attached hydrogen (secondary N) is 1. The summed E-state index contributed by atoms with van der Waals surface area (Å²) in [7, 11) is 0. The molecule has 96 valence electrons. The number of aromatic nitrogens is 3. The second kappa shape index (κ2) is 4.47. The molecule has 0 fully saturated rings. The highest BCUT2D eigenvalue weighted by atomic mass is 16.6. The quantitative estimate of drug-likeness (QED) is 0.823. The van der Waals surface area contributed by atoms with Crippen LogP contribution in [0.2, 0.25) is 0 Å². The number of hydrogen-bond donors (Lipinski definition) is 1. The van der Waals surface area contributed by atoms with E-state index in [-0.39, 0.29) is 11.1 Å². The van der Waals surface area contributed by atoms with Crippen LogP contribution >= 0.6 is 0 Å². The second-order valence-electron chi connectivity index (χ2n) is 5.76. The van der Waals surface area contributed by atoms with E-state index < -0.39 is 11.6 Å². The topological polar surface area (TPSA) is 67.9 Å². The summed E-state index contributed by atoms with van der Waals surface area (Å²) in [5, 5.41) is 10.5. The van der Waals surface area contributed by atoms with Crippen molar-refractivity contribution >= 4 is 5.97 Å². The molecule has 0 aromatic carbocycles. The first-order valence-electron chi connectivity index (χ1n) is 5.82. The van der Waals surface area contributed by atoms with Crippen LogP contribution in [0.15, 0.2) is 0 Å². The second-order valence-corrected chi connectivity index (χ2v) is 5.76. The fourth-order valence-corrected chi connectivity index (χ4v) is 1.34. The summed E-state index contributed by atoms with van der Waals surface area (Å²) < 4.78 is 5.30. The molecule has 0 aliphatic rings. The van der Waals surface area contributed by atoms with Crippen molar-refractivity contribution in [3.05, 3.63) is 11.4 Å². The van der Waals surface area contributed by atoms with E-state index in [0.29, 0.717) is 5.69 Å². The van der Waals surface area contributed by atoms with Crippen molar-refractivity contribution in [3.8, 4) is 0 Å². The zero-order valence-electron chi connectivity index (χ0n) is 11.4. The van der Waals surface area contributed by atoms with E-state index in [1.807, 2.05) is 41.5 Å². The van der Waals surface area contributed by atoms with Gasteiger partial charge in [0.2, 0.25) is 0 Å². The molecule has 1 aromatic heterocycles. The van der Waals surface area contributed by atoms with Crippen LogP contribution in [-0.2, 0) is 10.2 Å². The van der Waals surface area contributed by atoms with Crippen molar-refractivity contribution < 1.29 is 9.53 Å². The van der Waals surface area contributed by atoms with E-state index in [4.69, 9.17) is 4.74 Å². The van der Waals surface area contributed by atoms with E-state index in [9.17, 15) is 4.79 Å². The van der Waals surface area contributed by atoms with E-state index >= 15 is 0 Å². The Kier molecular flexibility index (Phi) is 3.59. The Hall–Kier alpha value is -1.39. The largest absolute Gasteiger partial charge is 0.455 e. The molecule has 1 rings (SSSR count). The molecule has 0 unspecified atom stereocenters. The molecule has 0 bridgehead atoms. The third kappa shape index (κ3) is 3.28. The maximum Gasteiger partial charge on any atom is 0.361 e. The predicted molar refractivity (Wildman–Crippen MR) is 64.9 cm³/mol. The molecule has 0 spiro atoms. The lowest BCUT2D eigenvalue weighted by molar-refractivity contribution is 0.00599. The lowest BCUT2D eigenvalue weighted by atomic mass is 9.85. The summed E-state index contributed by atoms with van der Waals surface area (Å²) in [4.78, 5) is 12.0. The first-order chi connectivity index (χ1) is 7.67. The molecule has 0 atom stereocenters. The fraction of sp³-hybridized carbons (Fsp3) is 0.750. The average Bonchev–Trinajstić information content (AvgIpc) is 2.63. The number of hydrogen-bond acceptors (Lipinski definition) is 4. The standard InChI is InChI=1S/C12H21N3O2/c1-7-12(5,6)9-8(13-15-14-9)10(16)17-11(2,3)4/h7H2,1-6H3,(H,13,14,15). The molecule has 5 nitrogen and oxygen atoms in total. The molecule has 0 saturated carbocycles. The Morgan fingerprint density at radius 2 is 1.82 bits per heavy atom. The van der Waals surface area contributed by atoms with Gasteiger partial charge in [0.05, 0.1) is 0 Å². The molecule has 1 N–H and O–H groups in total. The third-order valence-corrected chi connectivity index (χ3v) is 2.67. The van der Waals surface area contributed by atoms with Gasteiger partial charge in [0.15, 0.2) is 5.69 Å². The lowest BCUT2D eigenvalue weighted by Crippen LogP contribution is -2.27. The zero-order chi connectivity index (χ0) is 13.3. The highest BCUT2D eigenvalue weighted by Gasteiger charge is 2.31. The number of carbonyl (C=O) groups excluding carboxylic acids is 1. The number of carbonyl (C=O) groups is 1. The number of rotatable bonds is 3. The Morgan fingerprint density at radius 1 is 1.24 bits per heavy atom. The number of aromatic amines is 1. The maximum absolute atomic E-state index is 12.0. The molecule has 0 amide bonds. The highest BCUT2D eigenvalue weighted by Crippen LogP contribution is 2.27. The van der Waals surface area contributed by atoms with Crippen molar-refractivity contribution in [1.82, 2.24) is 15.4 Å². The smallest absolute Gasteiger partial charge is 0.361 e. The van der Waals surface area contributed by atoms with Crippen LogP contribution in [0.3, 0.4) is 0 Å². The average molecular weight is 239 g/mol. The summed E-state index contributed by atoms with van der Waals surface area (Å²) in [6, 6.07) is 0. The maximum atomic E-state index is 12.0. The van der Waals surface area contributed by atoms with Gasteiger partial charge in [-0.15, -0.1) is 5.10 Å². The number of nitrogens with zero attached hydrogens (tertiary/aromatic N) is 2. The molecule has 0 saturated heterocycles. The lowest BCUT2D eigenvalue weighted by Gasteiger charge is -2.22. The van der Waals surface area contributed by atoms with Gasteiger partial charge in [-0.2, -0.15) is 10.3 Å². The number of H-pyrrole nitrogens is 1. The van der Waals surface area contributed by atoms with Crippen molar-refractivity contribution in [2.75, 3.05) is 0 Å². The van der Waals surface area contributed by atoms with Gasteiger partial charge >= 0.3 is 5.97 Å². The molecule has 5 heteroatoms. The summed E-state index contributed by atoms with van der Waals surface area (Å²) in [6.45, 7) is 11.6. The Labute approximate surface area is 102 Å². The van der Waals surface area contributed by atoms with Crippen LogP contribution in [0.5, 0.6) is 0 Å². The number of esters is 1. The van der Waals surface area contributed by atoms with E-state index in [1.165, 1.54) is 0 Å². The summed E-state index contributed by atoms with van der Waals surface area (Å²) in [6.07, 6.45) is 0.870. The first-order valence-corrected chi connectivity index (χ1v) is 5.82. The van der Waals surface area contributed by atoms with Gasteiger partial charge < -0.3 is 4.74 Å². The summed E-state index contributed by atoms with van der Waals surface area (Å²) in [5.41, 5.74) is 0.226. The van der Waals surface area contributed by atoms with Crippen molar-refractivity contribution in [3.63, 3.8) is 0 Å². The molecular weight excluding hydrogens is 218 g/mol. The molecule has 1 aromatic rings. The monoisotopic (exact) mass is 239 g/mol. The van der Waals surface area contributed by atoms with Crippen molar-refractivity contribution in [2.45, 2.75) is 59.0 Å². The van der Waals surface area contributed by atoms with Gasteiger partial charge in [0.1, 0.15) is 11.3 Å². The van der Waals surface area contributed by atoms with E-state index in [0.717, 1.165) is 6.42 Å². The van der Waals surface area contributed by atoms with Gasteiger partial charge in [0, 0.05) is 5.41 Å². The van der Waals surface area contributed by atoms with Crippen molar-refractivity contribution in [2.24, 2.45) is 0 Å². The van der Waals surface area contributed by atoms with Gasteiger partial charge in [-0.1, -0.05) is 20.8 Å². The third-order valence-electron chi connectivity index (χ3n) is 2.67. The summed E-state index contributed by atoms with van der Waals surface area (Å²) in [5.74, 6) is -0.428. The molecule has 0 aliphatic heterocycles. The highest BCUT2D eigenvalue weighted by molar-refractivity contribution is 5.88. The van der Waals surface area contributed by atoms with Gasteiger partial charge in [-0.05, 0) is 27.2 Å². The van der Waals surface area contributed by atoms with E-state index in [2.05, 4.69) is 15.4 Å². The minimum Gasteiger partial charge on any atom is -0.455 e. The van der Waals surface area contributed by atoms with E-state index in [1.54, 1.807) is 0 Å². The predicted octanol–water partition coefficient (Wildman–Crippen LogP) is 2.45. The Balaban J connectivity index is 3.01. The normalized spacial score (nSPS) is 12.6. The van der Waals surface area contributed by atoms with Crippen LogP contribution in [0.25, 0.3) is 0 Å². The first kappa shape index (κ1) is 13.7. The summed E-state index contributed by atoms with van der Waals surface area (Å²) >= 11 is 0. The number of ether oxygens (including phenoxy) is 1. The van der Waals surface area contributed by atoms with Gasteiger partial charge in [-0.3, -0.25) is 0 Å². The molecule has 17 heavy (non-hydrogen) atoms. The van der Waals surface area contributed by atoms with Gasteiger partial charge in [-0.25, -0.2) is 4.79 Å². The van der Waals surface area contributed by atoms with Crippen molar-refractivity contribution in [1.29, 1.82) is 0 Å².